The van der Waals surface area contributed by atoms with Crippen molar-refractivity contribution in [2.45, 2.75) is 12.8 Å². The highest BCUT2D eigenvalue weighted by atomic mass is 35.5. The molecule has 112 valence electrons. The number of amides is 1. The van der Waals surface area contributed by atoms with Gasteiger partial charge in [0.25, 0.3) is 0 Å². The molecule has 1 aromatic carbocycles. The highest BCUT2D eigenvalue weighted by Gasteiger charge is 2.20. The predicted octanol–water partition coefficient (Wildman–Crippen LogP) is 2.23. The molecular formula is C15H19ClN4O. The van der Waals surface area contributed by atoms with Gasteiger partial charge in [0.05, 0.1) is 11.6 Å². The number of piperidine rings is 1. The first-order chi connectivity index (χ1) is 9.83. The van der Waals surface area contributed by atoms with Gasteiger partial charge in [-0.15, -0.1) is 12.4 Å². The van der Waals surface area contributed by atoms with Crippen molar-refractivity contribution in [1.29, 1.82) is 0 Å². The molecule has 6 heteroatoms. The fourth-order valence-electron chi connectivity index (χ4n) is 2.44. The third kappa shape index (κ3) is 3.83. The van der Waals surface area contributed by atoms with Crippen LogP contribution < -0.4 is 10.6 Å². The van der Waals surface area contributed by atoms with E-state index in [0.717, 1.165) is 37.3 Å². The van der Waals surface area contributed by atoms with Crippen molar-refractivity contribution in [3.63, 3.8) is 0 Å². The number of benzene rings is 1. The molecule has 1 saturated heterocycles. The molecule has 1 fully saturated rings. The summed E-state index contributed by atoms with van der Waals surface area (Å²) in [4.78, 5) is 12.1. The molecule has 5 nitrogen and oxygen atoms in total. The number of rotatable bonds is 3. The van der Waals surface area contributed by atoms with Crippen molar-refractivity contribution >= 4 is 24.0 Å². The van der Waals surface area contributed by atoms with Gasteiger partial charge in [0.2, 0.25) is 5.91 Å². The Morgan fingerprint density at radius 3 is 2.76 bits per heavy atom. The standard InChI is InChI=1S/C15H18N4O.ClH/c20-15(12-3-1-8-16-11-12)18-13-4-6-14(7-5-13)19-10-2-9-17-19;/h2,4-7,9-10,12,16H,1,3,8,11H2,(H,18,20);1H/t12-;/m1./s1. The molecule has 0 bridgehead atoms. The lowest BCUT2D eigenvalue weighted by Gasteiger charge is -2.21. The summed E-state index contributed by atoms with van der Waals surface area (Å²) in [6, 6.07) is 9.59. The zero-order valence-corrected chi connectivity index (χ0v) is 12.5. The number of halogens is 1. The Morgan fingerprint density at radius 1 is 1.33 bits per heavy atom. The number of hydrogen-bond acceptors (Lipinski definition) is 3. The third-order valence-electron chi connectivity index (χ3n) is 3.57. The summed E-state index contributed by atoms with van der Waals surface area (Å²) in [5.41, 5.74) is 1.81. The first-order valence-electron chi connectivity index (χ1n) is 6.94. The smallest absolute Gasteiger partial charge is 0.228 e. The van der Waals surface area contributed by atoms with Crippen LogP contribution in [0.4, 0.5) is 5.69 Å². The largest absolute Gasteiger partial charge is 0.326 e. The molecule has 3 rings (SSSR count). The Bertz CT molecular complexity index is 562. The van der Waals surface area contributed by atoms with E-state index in [-0.39, 0.29) is 24.2 Å². The van der Waals surface area contributed by atoms with Crippen molar-refractivity contribution < 1.29 is 4.79 Å². The number of carbonyl (C=O) groups excluding carboxylic acids is 1. The summed E-state index contributed by atoms with van der Waals surface area (Å²) in [5.74, 6) is 0.179. The van der Waals surface area contributed by atoms with Crippen LogP contribution in [0.25, 0.3) is 5.69 Å². The van der Waals surface area contributed by atoms with E-state index in [0.29, 0.717) is 0 Å². The SMILES string of the molecule is Cl.O=C(Nc1ccc(-n2cccn2)cc1)[C@@H]1CCCNC1. The molecule has 21 heavy (non-hydrogen) atoms. The Morgan fingerprint density at radius 2 is 2.14 bits per heavy atom. The number of nitrogens with one attached hydrogen (secondary N) is 2. The van der Waals surface area contributed by atoms with Crippen molar-refractivity contribution in [2.24, 2.45) is 5.92 Å². The molecule has 2 N–H and O–H groups in total. The summed E-state index contributed by atoms with van der Waals surface area (Å²) in [5, 5.41) is 10.4. The predicted molar refractivity (Wildman–Crippen MR) is 85.0 cm³/mol. The van der Waals surface area contributed by atoms with Crippen LogP contribution in [0.5, 0.6) is 0 Å². The van der Waals surface area contributed by atoms with Crippen molar-refractivity contribution in [3.8, 4) is 5.69 Å². The van der Waals surface area contributed by atoms with Crippen molar-refractivity contribution in [3.05, 3.63) is 42.7 Å². The molecule has 0 aliphatic carbocycles. The van der Waals surface area contributed by atoms with Crippen LogP contribution in [0.2, 0.25) is 0 Å². The van der Waals surface area contributed by atoms with Crippen molar-refractivity contribution in [1.82, 2.24) is 15.1 Å². The van der Waals surface area contributed by atoms with E-state index in [1.807, 2.05) is 36.5 Å². The van der Waals surface area contributed by atoms with Gasteiger partial charge < -0.3 is 10.6 Å². The highest BCUT2D eigenvalue weighted by Crippen LogP contribution is 2.16. The van der Waals surface area contributed by atoms with Crippen LogP contribution in [0.15, 0.2) is 42.7 Å². The lowest BCUT2D eigenvalue weighted by atomic mass is 9.99. The topological polar surface area (TPSA) is 59.0 Å². The molecule has 0 spiro atoms. The summed E-state index contributed by atoms with van der Waals surface area (Å²) in [6.45, 7) is 1.79. The molecule has 1 amide bonds. The first-order valence-corrected chi connectivity index (χ1v) is 6.94. The quantitative estimate of drug-likeness (QED) is 0.914. The van der Waals surface area contributed by atoms with Gasteiger partial charge in [0, 0.05) is 24.6 Å². The minimum Gasteiger partial charge on any atom is -0.326 e. The molecule has 1 aliphatic rings. The zero-order chi connectivity index (χ0) is 13.8. The van der Waals surface area contributed by atoms with Crippen LogP contribution in [0, 0.1) is 5.92 Å². The van der Waals surface area contributed by atoms with Gasteiger partial charge in [-0.3, -0.25) is 4.79 Å². The normalized spacial score (nSPS) is 17.8. The summed E-state index contributed by atoms with van der Waals surface area (Å²) in [7, 11) is 0. The molecule has 1 atom stereocenters. The zero-order valence-electron chi connectivity index (χ0n) is 11.7. The molecule has 0 saturated carbocycles. The van der Waals surface area contributed by atoms with E-state index in [4.69, 9.17) is 0 Å². The highest BCUT2D eigenvalue weighted by molar-refractivity contribution is 5.92. The van der Waals surface area contributed by atoms with Gasteiger partial charge >= 0.3 is 0 Å². The molecule has 1 aromatic heterocycles. The Labute approximate surface area is 130 Å². The third-order valence-corrected chi connectivity index (χ3v) is 3.57. The van der Waals surface area contributed by atoms with E-state index in [2.05, 4.69) is 15.7 Å². The van der Waals surface area contributed by atoms with Gasteiger partial charge in [0.15, 0.2) is 0 Å². The van der Waals surface area contributed by atoms with Gasteiger partial charge in [-0.1, -0.05) is 0 Å². The average Bonchev–Trinajstić information content (AvgIpc) is 3.03. The fraction of sp³-hybridized carbons (Fsp3) is 0.333. The minimum absolute atomic E-state index is 0. The Hall–Kier alpha value is -1.85. The molecule has 2 aromatic rings. The van der Waals surface area contributed by atoms with E-state index in [9.17, 15) is 4.79 Å². The van der Waals surface area contributed by atoms with Gasteiger partial charge in [-0.2, -0.15) is 5.10 Å². The number of nitrogens with zero attached hydrogens (tertiary/aromatic N) is 2. The van der Waals surface area contributed by atoms with Crippen LogP contribution in [-0.4, -0.2) is 28.8 Å². The van der Waals surface area contributed by atoms with Crippen molar-refractivity contribution in [2.75, 3.05) is 18.4 Å². The Balaban J connectivity index is 0.00000161. The second-order valence-electron chi connectivity index (χ2n) is 5.03. The molecule has 1 aliphatic heterocycles. The van der Waals surface area contributed by atoms with E-state index < -0.39 is 0 Å². The second kappa shape index (κ2) is 7.24. The van der Waals surface area contributed by atoms with Crippen LogP contribution >= 0.6 is 12.4 Å². The lowest BCUT2D eigenvalue weighted by molar-refractivity contribution is -0.120. The van der Waals surface area contributed by atoms with E-state index in [1.165, 1.54) is 0 Å². The van der Waals surface area contributed by atoms with Crippen LogP contribution in [-0.2, 0) is 4.79 Å². The van der Waals surface area contributed by atoms with E-state index >= 15 is 0 Å². The lowest BCUT2D eigenvalue weighted by Crippen LogP contribution is -2.37. The van der Waals surface area contributed by atoms with Gasteiger partial charge in [-0.25, -0.2) is 4.68 Å². The van der Waals surface area contributed by atoms with Crippen LogP contribution in [0.1, 0.15) is 12.8 Å². The summed E-state index contributed by atoms with van der Waals surface area (Å²) in [6.07, 6.45) is 5.66. The summed E-state index contributed by atoms with van der Waals surface area (Å²) >= 11 is 0. The minimum atomic E-state index is 0. The average molecular weight is 307 g/mol. The maximum atomic E-state index is 12.1. The molecule has 0 unspecified atom stereocenters. The maximum absolute atomic E-state index is 12.1. The second-order valence-corrected chi connectivity index (χ2v) is 5.03. The monoisotopic (exact) mass is 306 g/mol. The number of aromatic nitrogens is 2. The summed E-state index contributed by atoms with van der Waals surface area (Å²) < 4.78 is 1.79. The van der Waals surface area contributed by atoms with Gasteiger partial charge in [-0.05, 0) is 49.7 Å². The number of hydrogen-bond donors (Lipinski definition) is 2. The fourth-order valence-corrected chi connectivity index (χ4v) is 2.44. The molecular weight excluding hydrogens is 288 g/mol. The van der Waals surface area contributed by atoms with Crippen LogP contribution in [0.3, 0.4) is 0 Å². The molecule has 0 radical (unpaired) electrons. The number of carbonyl (C=O) groups is 1. The first kappa shape index (κ1) is 15.5. The Kier molecular flexibility index (Phi) is 5.36. The number of anilines is 1. The maximum Gasteiger partial charge on any atom is 0.228 e. The molecule has 2 heterocycles. The van der Waals surface area contributed by atoms with Gasteiger partial charge in [0.1, 0.15) is 0 Å². The van der Waals surface area contributed by atoms with E-state index in [1.54, 1.807) is 10.9 Å².